The predicted molar refractivity (Wildman–Crippen MR) is 101 cm³/mol. The van der Waals surface area contributed by atoms with Crippen LogP contribution in [-0.4, -0.2) is 18.9 Å². The number of benzene rings is 2. The molecular formula is C20H21ClFN3. The number of nitrogens with zero attached hydrogens (tertiary/aromatic N) is 1. The monoisotopic (exact) mass is 357 g/mol. The molecule has 3 nitrogen and oxygen atoms in total. The zero-order valence-electron chi connectivity index (χ0n) is 14.0. The standard InChI is InChI=1S/C20H21ClFN3/c21-16-3-1-2-14(10-16)13-24-19-20(6-8-23-9-7-20)12-15-4-5-17(22)11-18(15)25-19/h1-5,10-11,23H,6-9,12-13H2,(H,24,25). The van der Waals surface area contributed by atoms with Crippen molar-refractivity contribution in [2.45, 2.75) is 25.8 Å². The molecule has 1 saturated heterocycles. The Labute approximate surface area is 152 Å². The first-order chi connectivity index (χ1) is 12.1. The predicted octanol–water partition coefficient (Wildman–Crippen LogP) is 4.42. The number of hydrogen-bond donors (Lipinski definition) is 2. The highest BCUT2D eigenvalue weighted by Gasteiger charge is 2.41. The quantitative estimate of drug-likeness (QED) is 0.835. The number of piperidine rings is 1. The van der Waals surface area contributed by atoms with Crippen molar-refractivity contribution in [3.63, 3.8) is 0 Å². The lowest BCUT2D eigenvalue weighted by Crippen LogP contribution is -2.48. The van der Waals surface area contributed by atoms with Crippen LogP contribution >= 0.6 is 11.6 Å². The third kappa shape index (κ3) is 3.42. The van der Waals surface area contributed by atoms with Gasteiger partial charge in [-0.1, -0.05) is 29.8 Å². The summed E-state index contributed by atoms with van der Waals surface area (Å²) in [4.78, 5) is 4.90. The van der Waals surface area contributed by atoms with Gasteiger partial charge in [0, 0.05) is 16.1 Å². The van der Waals surface area contributed by atoms with Crippen molar-refractivity contribution < 1.29 is 4.39 Å². The van der Waals surface area contributed by atoms with Gasteiger partial charge in [0.1, 0.15) is 11.7 Å². The summed E-state index contributed by atoms with van der Waals surface area (Å²) in [5.74, 6) is 0.758. The van der Waals surface area contributed by atoms with Gasteiger partial charge in [0.15, 0.2) is 0 Å². The van der Waals surface area contributed by atoms with Gasteiger partial charge < -0.3 is 10.6 Å². The minimum Gasteiger partial charge on any atom is -0.343 e. The smallest absolute Gasteiger partial charge is 0.125 e. The maximum atomic E-state index is 13.6. The number of rotatable bonds is 2. The van der Waals surface area contributed by atoms with E-state index in [9.17, 15) is 4.39 Å². The van der Waals surface area contributed by atoms with Gasteiger partial charge in [0.2, 0.25) is 0 Å². The Morgan fingerprint density at radius 3 is 2.76 bits per heavy atom. The summed E-state index contributed by atoms with van der Waals surface area (Å²) in [7, 11) is 0. The van der Waals surface area contributed by atoms with E-state index in [1.54, 1.807) is 12.1 Å². The van der Waals surface area contributed by atoms with Gasteiger partial charge >= 0.3 is 0 Å². The van der Waals surface area contributed by atoms with Gasteiger partial charge in [-0.05, 0) is 67.7 Å². The second kappa shape index (κ2) is 6.77. The Bertz CT molecular complexity index is 812. The molecule has 0 aromatic heterocycles. The van der Waals surface area contributed by atoms with Crippen LogP contribution in [0.1, 0.15) is 24.0 Å². The van der Waals surface area contributed by atoms with E-state index in [0.29, 0.717) is 6.54 Å². The van der Waals surface area contributed by atoms with Gasteiger partial charge in [-0.15, -0.1) is 0 Å². The van der Waals surface area contributed by atoms with Crippen molar-refractivity contribution in [3.05, 3.63) is 64.4 Å². The first-order valence-corrected chi connectivity index (χ1v) is 9.08. The molecule has 0 bridgehead atoms. The summed E-state index contributed by atoms with van der Waals surface area (Å²) in [5.41, 5.74) is 3.10. The number of aliphatic imine (C=N–C) groups is 1. The van der Waals surface area contributed by atoms with Crippen LogP contribution in [0, 0.1) is 11.2 Å². The highest BCUT2D eigenvalue weighted by atomic mass is 35.5. The SMILES string of the molecule is Fc1ccc2c(c1)NC(=NCc1cccc(Cl)c1)C1(CCNCC1)C2. The molecular weight excluding hydrogens is 337 g/mol. The molecule has 0 radical (unpaired) electrons. The molecule has 0 aliphatic carbocycles. The summed E-state index contributed by atoms with van der Waals surface area (Å²) in [6, 6.07) is 12.8. The van der Waals surface area contributed by atoms with Crippen molar-refractivity contribution in [2.24, 2.45) is 10.4 Å². The van der Waals surface area contributed by atoms with Crippen molar-refractivity contribution in [3.8, 4) is 0 Å². The van der Waals surface area contributed by atoms with Gasteiger partial charge in [-0.2, -0.15) is 0 Å². The van der Waals surface area contributed by atoms with Crippen molar-refractivity contribution in [2.75, 3.05) is 18.4 Å². The molecule has 0 atom stereocenters. The second-order valence-corrected chi connectivity index (χ2v) is 7.36. The Kier molecular flexibility index (Phi) is 4.48. The van der Waals surface area contributed by atoms with E-state index in [4.69, 9.17) is 16.6 Å². The van der Waals surface area contributed by atoms with Crippen LogP contribution in [0.25, 0.3) is 0 Å². The molecule has 2 aliphatic rings. The van der Waals surface area contributed by atoms with Gasteiger partial charge in [0.05, 0.1) is 6.54 Å². The van der Waals surface area contributed by atoms with Crippen LogP contribution < -0.4 is 10.6 Å². The summed E-state index contributed by atoms with van der Waals surface area (Å²) < 4.78 is 13.6. The van der Waals surface area contributed by atoms with E-state index in [-0.39, 0.29) is 11.2 Å². The third-order valence-electron chi connectivity index (χ3n) is 5.23. The highest BCUT2D eigenvalue weighted by Crippen LogP contribution is 2.41. The maximum Gasteiger partial charge on any atom is 0.125 e. The molecule has 2 aliphatic heterocycles. The van der Waals surface area contributed by atoms with Gasteiger partial charge in [0.25, 0.3) is 0 Å². The fourth-order valence-electron chi connectivity index (χ4n) is 3.86. The molecule has 2 aromatic carbocycles. The van der Waals surface area contributed by atoms with Crippen LogP contribution in [0.4, 0.5) is 10.1 Å². The number of halogens is 2. The minimum absolute atomic E-state index is 0.00859. The van der Waals surface area contributed by atoms with E-state index in [0.717, 1.165) is 54.5 Å². The van der Waals surface area contributed by atoms with Gasteiger partial charge in [-0.25, -0.2) is 4.39 Å². The first-order valence-electron chi connectivity index (χ1n) is 8.70. The third-order valence-corrected chi connectivity index (χ3v) is 5.46. The molecule has 4 rings (SSSR count). The normalized spacial score (nSPS) is 20.3. The Morgan fingerprint density at radius 2 is 1.96 bits per heavy atom. The molecule has 2 heterocycles. The van der Waals surface area contributed by atoms with E-state index in [1.807, 2.05) is 30.3 Å². The van der Waals surface area contributed by atoms with Crippen LogP contribution in [0.15, 0.2) is 47.5 Å². The molecule has 5 heteroatoms. The summed E-state index contributed by atoms with van der Waals surface area (Å²) in [6.45, 7) is 2.53. The zero-order valence-corrected chi connectivity index (χ0v) is 14.7. The average molecular weight is 358 g/mol. The van der Waals surface area contributed by atoms with E-state index >= 15 is 0 Å². The Morgan fingerprint density at radius 1 is 1.12 bits per heavy atom. The largest absolute Gasteiger partial charge is 0.343 e. The highest BCUT2D eigenvalue weighted by molar-refractivity contribution is 6.30. The Balaban J connectivity index is 1.68. The molecule has 25 heavy (non-hydrogen) atoms. The van der Waals surface area contributed by atoms with E-state index in [1.165, 1.54) is 5.56 Å². The lowest BCUT2D eigenvalue weighted by Gasteiger charge is -2.42. The van der Waals surface area contributed by atoms with Gasteiger partial charge in [-0.3, -0.25) is 4.99 Å². The zero-order chi connectivity index (χ0) is 17.3. The molecule has 2 aromatic rings. The van der Waals surface area contributed by atoms with Crippen LogP contribution in [0.3, 0.4) is 0 Å². The molecule has 1 fully saturated rings. The summed E-state index contributed by atoms with van der Waals surface area (Å²) >= 11 is 6.08. The van der Waals surface area contributed by atoms with E-state index < -0.39 is 0 Å². The molecule has 0 saturated carbocycles. The molecule has 1 spiro atoms. The number of amidine groups is 1. The van der Waals surface area contributed by atoms with E-state index in [2.05, 4.69) is 10.6 Å². The van der Waals surface area contributed by atoms with Crippen molar-refractivity contribution in [1.82, 2.24) is 5.32 Å². The topological polar surface area (TPSA) is 36.4 Å². The van der Waals surface area contributed by atoms with Crippen LogP contribution in [0.2, 0.25) is 5.02 Å². The van der Waals surface area contributed by atoms with Crippen LogP contribution in [-0.2, 0) is 13.0 Å². The average Bonchev–Trinajstić information content (AvgIpc) is 2.61. The first kappa shape index (κ1) is 16.6. The second-order valence-electron chi connectivity index (χ2n) is 6.93. The Hall–Kier alpha value is -1.91. The molecule has 0 amide bonds. The summed E-state index contributed by atoms with van der Waals surface area (Å²) in [5, 5.41) is 7.58. The molecule has 0 unspecified atom stereocenters. The lowest BCUT2D eigenvalue weighted by molar-refractivity contribution is 0.293. The molecule has 2 N–H and O–H groups in total. The van der Waals surface area contributed by atoms with Crippen molar-refractivity contribution >= 4 is 23.1 Å². The molecule has 130 valence electrons. The number of fused-ring (bicyclic) bond motifs is 1. The van der Waals surface area contributed by atoms with Crippen molar-refractivity contribution in [1.29, 1.82) is 0 Å². The minimum atomic E-state index is -0.221. The maximum absolute atomic E-state index is 13.6. The summed E-state index contributed by atoms with van der Waals surface area (Å²) in [6.07, 6.45) is 2.97. The fraction of sp³-hybridized carbons (Fsp3) is 0.350. The number of anilines is 1. The number of nitrogens with one attached hydrogen (secondary N) is 2. The number of hydrogen-bond acceptors (Lipinski definition) is 2. The fourth-order valence-corrected chi connectivity index (χ4v) is 4.07. The lowest BCUT2D eigenvalue weighted by atomic mass is 9.71. The van der Waals surface area contributed by atoms with Crippen LogP contribution in [0.5, 0.6) is 0 Å².